The highest BCUT2D eigenvalue weighted by Gasteiger charge is 2.39. The quantitative estimate of drug-likeness (QED) is 0.741. The van der Waals surface area contributed by atoms with Gasteiger partial charge in [-0.05, 0) is 64.2 Å². The van der Waals surface area contributed by atoms with E-state index < -0.39 is 0 Å². The van der Waals surface area contributed by atoms with Gasteiger partial charge in [0, 0.05) is 30.0 Å². The zero-order valence-electron chi connectivity index (χ0n) is 17.8. The van der Waals surface area contributed by atoms with Crippen LogP contribution in [-0.4, -0.2) is 43.5 Å². The number of imidazole rings is 1. The van der Waals surface area contributed by atoms with Crippen molar-refractivity contribution in [2.45, 2.75) is 70.5 Å². The van der Waals surface area contributed by atoms with Gasteiger partial charge in [0.2, 0.25) is 5.91 Å². The van der Waals surface area contributed by atoms with Gasteiger partial charge < -0.3 is 20.3 Å². The Labute approximate surface area is 172 Å². The maximum absolute atomic E-state index is 13.3. The summed E-state index contributed by atoms with van der Waals surface area (Å²) in [4.78, 5) is 23.0. The van der Waals surface area contributed by atoms with Gasteiger partial charge in [0.25, 0.3) is 0 Å². The summed E-state index contributed by atoms with van der Waals surface area (Å²) in [6, 6.07) is 7.28. The second-order valence-electron chi connectivity index (χ2n) is 10.1. The number of amides is 1. The van der Waals surface area contributed by atoms with Crippen LogP contribution in [0.2, 0.25) is 0 Å². The van der Waals surface area contributed by atoms with Gasteiger partial charge in [0.1, 0.15) is 5.75 Å². The van der Waals surface area contributed by atoms with E-state index in [2.05, 4.69) is 43.0 Å². The lowest BCUT2D eigenvalue weighted by Crippen LogP contribution is -2.58. The first-order chi connectivity index (χ1) is 13.6. The van der Waals surface area contributed by atoms with Crippen molar-refractivity contribution in [2.24, 2.45) is 5.92 Å². The third-order valence-corrected chi connectivity index (χ3v) is 6.20. The largest absolute Gasteiger partial charge is 0.508 e. The number of piperidine rings is 1. The molecule has 4 rings (SSSR count). The number of carbonyl (C=O) groups is 1. The Balaban J connectivity index is 1.53. The standard InChI is InChI=1S/C23H32N4O2/c1-22(2)10-15(11-23(3,4)26-22)8-20(29)27-12-18(16-6-5-7-17(28)9-16)21-19(13-27)24-14-25-21/h5-7,9,14-15,18,26,28H,8,10-13H2,1-4H3,(H,24,25). The van der Waals surface area contributed by atoms with Crippen LogP contribution in [0.4, 0.5) is 0 Å². The van der Waals surface area contributed by atoms with Crippen molar-refractivity contribution < 1.29 is 9.90 Å². The Morgan fingerprint density at radius 2 is 1.97 bits per heavy atom. The topological polar surface area (TPSA) is 81.2 Å². The van der Waals surface area contributed by atoms with Crippen molar-refractivity contribution in [3.05, 3.63) is 47.5 Å². The lowest BCUT2D eigenvalue weighted by atomic mass is 9.74. The predicted octanol–water partition coefficient (Wildman–Crippen LogP) is 3.54. The number of aromatic hydroxyl groups is 1. The minimum atomic E-state index is -0.0260. The number of carbonyl (C=O) groups excluding carboxylic acids is 1. The third-order valence-electron chi connectivity index (χ3n) is 6.20. The number of phenolic OH excluding ortho intramolecular Hbond substituents is 1. The molecule has 6 heteroatoms. The Hall–Kier alpha value is -2.34. The first kappa shape index (κ1) is 20.0. The molecule has 2 aromatic rings. The zero-order chi connectivity index (χ0) is 20.8. The fraction of sp³-hybridized carbons (Fsp3) is 0.565. The summed E-state index contributed by atoms with van der Waals surface area (Å²) in [5.74, 6) is 0.786. The van der Waals surface area contributed by atoms with Crippen molar-refractivity contribution in [3.8, 4) is 5.75 Å². The molecule has 0 aliphatic carbocycles. The normalized spacial score (nSPS) is 23.6. The molecule has 6 nitrogen and oxygen atoms in total. The van der Waals surface area contributed by atoms with E-state index in [1.807, 2.05) is 17.0 Å². The molecule has 2 aliphatic rings. The van der Waals surface area contributed by atoms with Gasteiger partial charge in [-0.3, -0.25) is 4.79 Å². The highest BCUT2D eigenvalue weighted by atomic mass is 16.3. The summed E-state index contributed by atoms with van der Waals surface area (Å²) >= 11 is 0. The van der Waals surface area contributed by atoms with Crippen LogP contribution >= 0.6 is 0 Å². The summed E-state index contributed by atoms with van der Waals surface area (Å²) in [7, 11) is 0. The van der Waals surface area contributed by atoms with Crippen molar-refractivity contribution in [2.75, 3.05) is 6.54 Å². The molecule has 1 aromatic carbocycles. The van der Waals surface area contributed by atoms with Gasteiger partial charge >= 0.3 is 0 Å². The Kier molecular flexibility index (Phi) is 4.93. The minimum absolute atomic E-state index is 0.0260. The predicted molar refractivity (Wildman–Crippen MR) is 113 cm³/mol. The smallest absolute Gasteiger partial charge is 0.223 e. The SMILES string of the molecule is CC1(C)CC(CC(=O)N2Cc3[nH]cnc3C(c3cccc(O)c3)C2)CC(C)(C)N1. The molecule has 1 saturated heterocycles. The summed E-state index contributed by atoms with van der Waals surface area (Å²) in [6.07, 6.45) is 4.28. The molecule has 0 radical (unpaired) electrons. The maximum atomic E-state index is 13.3. The fourth-order valence-corrected chi connectivity index (χ4v) is 5.57. The molecular weight excluding hydrogens is 364 g/mol. The van der Waals surface area contributed by atoms with Crippen molar-refractivity contribution in [3.63, 3.8) is 0 Å². The van der Waals surface area contributed by atoms with Crippen LogP contribution in [0.5, 0.6) is 5.75 Å². The van der Waals surface area contributed by atoms with E-state index in [1.54, 1.807) is 18.5 Å². The van der Waals surface area contributed by atoms with Crippen LogP contribution in [0, 0.1) is 5.92 Å². The number of fused-ring (bicyclic) bond motifs is 1. The number of nitrogens with one attached hydrogen (secondary N) is 2. The molecule has 2 aliphatic heterocycles. The first-order valence-electron chi connectivity index (χ1n) is 10.5. The molecule has 0 bridgehead atoms. The highest BCUT2D eigenvalue weighted by Crippen LogP contribution is 2.37. The minimum Gasteiger partial charge on any atom is -0.508 e. The Morgan fingerprint density at radius 1 is 1.24 bits per heavy atom. The Morgan fingerprint density at radius 3 is 2.66 bits per heavy atom. The maximum Gasteiger partial charge on any atom is 0.223 e. The summed E-state index contributed by atoms with van der Waals surface area (Å²) in [5.41, 5.74) is 3.03. The summed E-state index contributed by atoms with van der Waals surface area (Å²) in [5, 5.41) is 13.6. The number of rotatable bonds is 3. The average molecular weight is 397 g/mol. The number of aromatic amines is 1. The number of aromatic nitrogens is 2. The number of benzene rings is 1. The average Bonchev–Trinajstić information content (AvgIpc) is 3.06. The van der Waals surface area contributed by atoms with Crippen LogP contribution < -0.4 is 5.32 Å². The molecular formula is C23H32N4O2. The van der Waals surface area contributed by atoms with E-state index in [0.29, 0.717) is 25.4 Å². The molecule has 1 unspecified atom stereocenters. The zero-order valence-corrected chi connectivity index (χ0v) is 17.8. The number of H-pyrrole nitrogens is 1. The van der Waals surface area contributed by atoms with E-state index in [0.717, 1.165) is 29.8 Å². The van der Waals surface area contributed by atoms with Gasteiger partial charge in [-0.1, -0.05) is 12.1 Å². The monoisotopic (exact) mass is 396 g/mol. The number of phenols is 1. The van der Waals surface area contributed by atoms with E-state index in [4.69, 9.17) is 0 Å². The molecule has 0 spiro atoms. The van der Waals surface area contributed by atoms with Crippen molar-refractivity contribution in [1.82, 2.24) is 20.2 Å². The van der Waals surface area contributed by atoms with Crippen LogP contribution in [0.3, 0.4) is 0 Å². The van der Waals surface area contributed by atoms with E-state index in [9.17, 15) is 9.90 Å². The number of nitrogens with zero attached hydrogens (tertiary/aromatic N) is 2. The molecule has 0 saturated carbocycles. The molecule has 29 heavy (non-hydrogen) atoms. The van der Waals surface area contributed by atoms with Gasteiger partial charge in [-0.25, -0.2) is 4.98 Å². The lowest BCUT2D eigenvalue weighted by Gasteiger charge is -2.47. The second kappa shape index (κ2) is 7.17. The summed E-state index contributed by atoms with van der Waals surface area (Å²) < 4.78 is 0. The van der Waals surface area contributed by atoms with E-state index in [-0.39, 0.29) is 28.7 Å². The highest BCUT2D eigenvalue weighted by molar-refractivity contribution is 5.77. The van der Waals surface area contributed by atoms with Gasteiger partial charge in [0.15, 0.2) is 0 Å². The van der Waals surface area contributed by atoms with Crippen molar-refractivity contribution >= 4 is 5.91 Å². The van der Waals surface area contributed by atoms with Crippen molar-refractivity contribution in [1.29, 1.82) is 0 Å². The molecule has 3 N–H and O–H groups in total. The van der Waals surface area contributed by atoms with Crippen LogP contribution in [0.25, 0.3) is 0 Å². The fourth-order valence-electron chi connectivity index (χ4n) is 5.57. The Bertz CT molecular complexity index is 886. The van der Waals surface area contributed by atoms with Gasteiger partial charge in [-0.15, -0.1) is 0 Å². The molecule has 1 atom stereocenters. The van der Waals surface area contributed by atoms with Crippen LogP contribution in [0.1, 0.15) is 69.8 Å². The second-order valence-corrected chi connectivity index (χ2v) is 10.1. The third kappa shape index (κ3) is 4.32. The van der Waals surface area contributed by atoms with Gasteiger partial charge in [0.05, 0.1) is 24.3 Å². The summed E-state index contributed by atoms with van der Waals surface area (Å²) in [6.45, 7) is 10.1. The van der Waals surface area contributed by atoms with Crippen LogP contribution in [-0.2, 0) is 11.3 Å². The molecule has 3 heterocycles. The van der Waals surface area contributed by atoms with E-state index >= 15 is 0 Å². The van der Waals surface area contributed by atoms with Gasteiger partial charge in [-0.2, -0.15) is 0 Å². The van der Waals surface area contributed by atoms with Crippen LogP contribution in [0.15, 0.2) is 30.6 Å². The number of hydrogen-bond donors (Lipinski definition) is 3. The molecule has 156 valence electrons. The first-order valence-corrected chi connectivity index (χ1v) is 10.5. The lowest BCUT2D eigenvalue weighted by molar-refractivity contribution is -0.134. The number of hydrogen-bond acceptors (Lipinski definition) is 4. The molecule has 1 amide bonds. The molecule has 1 fully saturated rings. The van der Waals surface area contributed by atoms with E-state index in [1.165, 1.54) is 0 Å². The molecule has 1 aromatic heterocycles.